The first kappa shape index (κ1) is 11.7. The first-order valence-electron chi connectivity index (χ1n) is 2.79. The number of aliphatic hydroxyl groups excluding tert-OH is 2. The zero-order valence-corrected chi connectivity index (χ0v) is 5.62. The van der Waals surface area contributed by atoms with E-state index in [2.05, 4.69) is 0 Å². The molecule has 0 heterocycles. The van der Waals surface area contributed by atoms with Crippen molar-refractivity contribution < 1.29 is 10.2 Å². The highest BCUT2D eigenvalue weighted by atomic mass is 16.3. The highest BCUT2D eigenvalue weighted by Gasteiger charge is 1.67. The Morgan fingerprint density at radius 1 is 0.900 bits per heavy atom. The molecule has 0 spiro atoms. The van der Waals surface area contributed by atoms with Crippen LogP contribution in [0.3, 0.4) is 0 Å². The van der Waals surface area contributed by atoms with E-state index in [1.54, 1.807) is 12.1 Å². The minimum absolute atomic E-state index is 0.0174. The van der Waals surface area contributed by atoms with Gasteiger partial charge in [0.05, 0.1) is 38.2 Å². The van der Waals surface area contributed by atoms with Gasteiger partial charge in [0.1, 0.15) is 0 Å². The maximum atomic E-state index is 7.84. The van der Waals surface area contributed by atoms with E-state index >= 15 is 0 Å². The Balaban J connectivity index is 0. The Bertz CT molecular complexity index is 107. The van der Waals surface area contributed by atoms with Crippen LogP contribution in [0.4, 0.5) is 0 Å². The van der Waals surface area contributed by atoms with Crippen LogP contribution >= 0.6 is 0 Å². The molecule has 0 bridgehead atoms. The molecule has 0 fully saturated rings. The van der Waals surface area contributed by atoms with Gasteiger partial charge in [0.2, 0.25) is 0 Å². The van der Waals surface area contributed by atoms with Crippen molar-refractivity contribution in [3.05, 3.63) is 0 Å². The Morgan fingerprint density at radius 2 is 1.20 bits per heavy atom. The molecular weight excluding hydrogens is 132 g/mol. The zero-order chi connectivity index (χ0) is 8.24. The topological polar surface area (TPSA) is 88.0 Å². The molecule has 0 aliphatic carbocycles. The summed E-state index contributed by atoms with van der Waals surface area (Å²) in [7, 11) is 0. The van der Waals surface area contributed by atoms with E-state index in [1.807, 2.05) is 0 Å². The van der Waals surface area contributed by atoms with Gasteiger partial charge in [-0.3, -0.25) is 0 Å². The monoisotopic (exact) mass is 142 g/mol. The number of rotatable bonds is 2. The summed E-state index contributed by atoms with van der Waals surface area (Å²) >= 11 is 0. The average Bonchev–Trinajstić information content (AvgIpc) is 1.93. The van der Waals surface area contributed by atoms with Gasteiger partial charge in [-0.05, 0) is 0 Å². The Kier molecular flexibility index (Phi) is 18.3. The lowest BCUT2D eigenvalue weighted by molar-refractivity contribution is 0.304. The van der Waals surface area contributed by atoms with Gasteiger partial charge < -0.3 is 10.2 Å². The highest BCUT2D eigenvalue weighted by molar-refractivity contribution is 4.66. The summed E-state index contributed by atoms with van der Waals surface area (Å²) in [5.41, 5.74) is 0. The molecule has 0 aliphatic rings. The van der Waals surface area contributed by atoms with Gasteiger partial charge in [-0.15, -0.1) is 0 Å². The van der Waals surface area contributed by atoms with Crippen LogP contribution in [-0.4, -0.2) is 23.4 Å². The van der Waals surface area contributed by atoms with Crippen molar-refractivity contribution in [2.45, 2.75) is 12.8 Å². The van der Waals surface area contributed by atoms with E-state index in [4.69, 9.17) is 20.7 Å². The molecule has 0 aromatic carbocycles. The second-order valence-corrected chi connectivity index (χ2v) is 1.26. The van der Waals surface area contributed by atoms with Crippen molar-refractivity contribution >= 4 is 0 Å². The van der Waals surface area contributed by atoms with Crippen LogP contribution in [0.5, 0.6) is 0 Å². The summed E-state index contributed by atoms with van der Waals surface area (Å²) in [6, 6.07) is 3.53. The minimum Gasteiger partial charge on any atom is -0.395 e. The van der Waals surface area contributed by atoms with Crippen LogP contribution in [0.15, 0.2) is 0 Å². The molecule has 0 aliphatic heterocycles. The molecular formula is C6H10N2O2. The van der Waals surface area contributed by atoms with Gasteiger partial charge in [0, 0.05) is 0 Å². The first-order valence-corrected chi connectivity index (χ1v) is 2.79. The third-order valence-corrected chi connectivity index (χ3v) is 0.447. The second-order valence-electron chi connectivity index (χ2n) is 1.26. The standard InChI is InChI=1S/2C3H5NO/c2*4-2-1-3-5/h2*5H,1,3H2. The largest absolute Gasteiger partial charge is 0.395 e. The fourth-order valence-corrected chi connectivity index (χ4v) is 0.1000. The van der Waals surface area contributed by atoms with E-state index < -0.39 is 0 Å². The fourth-order valence-electron chi connectivity index (χ4n) is 0.1000. The molecule has 0 aromatic heterocycles. The van der Waals surface area contributed by atoms with Crippen LogP contribution in [0, 0.1) is 22.7 Å². The predicted octanol–water partition coefficient (Wildman–Crippen LogP) is -0.215. The van der Waals surface area contributed by atoms with Crippen LogP contribution in [0.2, 0.25) is 0 Å². The molecule has 0 aromatic rings. The summed E-state index contributed by atoms with van der Waals surface area (Å²) in [6.45, 7) is -0.0347. The Labute approximate surface area is 59.9 Å². The number of aliphatic hydroxyl groups is 2. The lowest BCUT2D eigenvalue weighted by Crippen LogP contribution is -1.72. The lowest BCUT2D eigenvalue weighted by Gasteiger charge is -1.67. The summed E-state index contributed by atoms with van der Waals surface area (Å²) in [6.07, 6.45) is 0.500. The number of nitriles is 2. The molecule has 10 heavy (non-hydrogen) atoms. The van der Waals surface area contributed by atoms with Crippen molar-refractivity contribution in [2.24, 2.45) is 0 Å². The van der Waals surface area contributed by atoms with E-state index in [1.165, 1.54) is 0 Å². The van der Waals surface area contributed by atoms with Crippen molar-refractivity contribution in [3.63, 3.8) is 0 Å². The lowest BCUT2D eigenvalue weighted by atomic mass is 10.5. The molecule has 0 saturated heterocycles. The number of nitrogens with zero attached hydrogens (tertiary/aromatic N) is 2. The Morgan fingerprint density at radius 3 is 1.20 bits per heavy atom. The minimum atomic E-state index is -0.0174. The van der Waals surface area contributed by atoms with Gasteiger partial charge in [-0.1, -0.05) is 0 Å². The van der Waals surface area contributed by atoms with E-state index in [0.29, 0.717) is 0 Å². The zero-order valence-electron chi connectivity index (χ0n) is 5.62. The summed E-state index contributed by atoms with van der Waals surface area (Å²) in [5, 5.41) is 31.0. The SMILES string of the molecule is N#CCCO.N#CCCO. The van der Waals surface area contributed by atoms with E-state index in [0.717, 1.165) is 0 Å². The second kappa shape index (κ2) is 15.7. The van der Waals surface area contributed by atoms with E-state index in [9.17, 15) is 0 Å². The quantitative estimate of drug-likeness (QED) is 0.558. The van der Waals surface area contributed by atoms with Crippen molar-refractivity contribution in [3.8, 4) is 12.1 Å². The van der Waals surface area contributed by atoms with Gasteiger partial charge in [0.15, 0.2) is 0 Å². The predicted molar refractivity (Wildman–Crippen MR) is 34.6 cm³/mol. The number of hydrogen-bond acceptors (Lipinski definition) is 4. The first-order chi connectivity index (χ1) is 4.83. The van der Waals surface area contributed by atoms with Crippen molar-refractivity contribution in [1.82, 2.24) is 0 Å². The molecule has 0 atom stereocenters. The average molecular weight is 142 g/mol. The molecule has 0 unspecified atom stereocenters. The van der Waals surface area contributed by atoms with Gasteiger partial charge in [-0.25, -0.2) is 0 Å². The van der Waals surface area contributed by atoms with Crippen LogP contribution in [-0.2, 0) is 0 Å². The molecule has 0 amide bonds. The van der Waals surface area contributed by atoms with Crippen LogP contribution in [0.25, 0.3) is 0 Å². The molecule has 4 heteroatoms. The van der Waals surface area contributed by atoms with Gasteiger partial charge in [0.25, 0.3) is 0 Å². The third-order valence-electron chi connectivity index (χ3n) is 0.447. The van der Waals surface area contributed by atoms with Gasteiger partial charge >= 0.3 is 0 Å². The molecule has 56 valence electrons. The molecule has 2 N–H and O–H groups in total. The smallest absolute Gasteiger partial charge is 0.0645 e. The Hall–Kier alpha value is -1.10. The maximum Gasteiger partial charge on any atom is 0.0645 e. The maximum absolute atomic E-state index is 7.84. The van der Waals surface area contributed by atoms with Crippen molar-refractivity contribution in [2.75, 3.05) is 13.2 Å². The molecule has 4 nitrogen and oxygen atoms in total. The number of hydrogen-bond donors (Lipinski definition) is 2. The highest BCUT2D eigenvalue weighted by Crippen LogP contribution is 1.63. The van der Waals surface area contributed by atoms with Crippen molar-refractivity contribution in [1.29, 1.82) is 10.5 Å². The molecule has 0 radical (unpaired) electrons. The summed E-state index contributed by atoms with van der Waals surface area (Å²) in [5.74, 6) is 0. The summed E-state index contributed by atoms with van der Waals surface area (Å²) in [4.78, 5) is 0. The fraction of sp³-hybridized carbons (Fsp3) is 0.667. The van der Waals surface area contributed by atoms with E-state index in [-0.39, 0.29) is 26.1 Å². The van der Waals surface area contributed by atoms with Crippen LogP contribution in [0.1, 0.15) is 12.8 Å². The normalized spacial score (nSPS) is 6.40. The van der Waals surface area contributed by atoms with Crippen LogP contribution < -0.4 is 0 Å². The molecule has 0 rings (SSSR count). The third kappa shape index (κ3) is 28.6. The summed E-state index contributed by atoms with van der Waals surface area (Å²) < 4.78 is 0. The van der Waals surface area contributed by atoms with Gasteiger partial charge in [-0.2, -0.15) is 10.5 Å². The molecule has 0 saturated carbocycles.